The zero-order valence-electron chi connectivity index (χ0n) is 24.3. The largest absolute Gasteiger partial charge is 0.416 e. The molecule has 1 aromatic heterocycles. The molecular weight excluding hydrogens is 583 g/mol. The lowest BCUT2D eigenvalue weighted by atomic mass is 9.90. The van der Waals surface area contributed by atoms with E-state index in [0.29, 0.717) is 41.4 Å². The number of thiazole rings is 1. The molecule has 0 bridgehead atoms. The molecule has 0 aliphatic carbocycles. The molecular formula is C35H34F3N3O2S. The van der Waals surface area contributed by atoms with Gasteiger partial charge in [0.25, 0.3) is 11.8 Å². The Labute approximate surface area is 259 Å². The summed E-state index contributed by atoms with van der Waals surface area (Å²) in [6.45, 7) is 2.58. The average molecular weight is 618 g/mol. The topological polar surface area (TPSA) is 53.5 Å². The van der Waals surface area contributed by atoms with Crippen LogP contribution in [0.4, 0.5) is 13.2 Å². The molecule has 4 aromatic rings. The van der Waals surface area contributed by atoms with Crippen molar-refractivity contribution in [3.63, 3.8) is 0 Å². The Balaban J connectivity index is 1.04. The molecule has 2 fully saturated rings. The lowest BCUT2D eigenvalue weighted by Crippen LogP contribution is -2.39. The number of hydrogen-bond acceptors (Lipinski definition) is 4. The van der Waals surface area contributed by atoms with Gasteiger partial charge in [0.05, 0.1) is 10.6 Å². The smallest absolute Gasteiger partial charge is 0.339 e. The van der Waals surface area contributed by atoms with E-state index in [9.17, 15) is 22.8 Å². The maximum Gasteiger partial charge on any atom is 0.416 e. The van der Waals surface area contributed by atoms with Crippen LogP contribution in [0, 0.1) is 5.92 Å². The van der Waals surface area contributed by atoms with Crippen LogP contribution in [0.2, 0.25) is 0 Å². The number of nitrogens with zero attached hydrogens (tertiary/aromatic N) is 3. The molecule has 5 nitrogen and oxygen atoms in total. The van der Waals surface area contributed by atoms with Gasteiger partial charge in [0.1, 0.15) is 5.69 Å². The Hall–Kier alpha value is -3.98. The Bertz CT molecular complexity index is 1590. The second kappa shape index (κ2) is 12.9. The molecule has 2 amide bonds. The first kappa shape index (κ1) is 30.1. The second-order valence-corrected chi connectivity index (χ2v) is 12.6. The number of aromatic nitrogens is 1. The molecule has 0 N–H and O–H groups in total. The molecule has 0 spiro atoms. The summed E-state index contributed by atoms with van der Waals surface area (Å²) >= 11 is 1.52. The molecule has 3 aromatic carbocycles. The van der Waals surface area contributed by atoms with Crippen LogP contribution in [-0.2, 0) is 12.6 Å². The fourth-order valence-corrected chi connectivity index (χ4v) is 7.25. The van der Waals surface area contributed by atoms with Crippen molar-refractivity contribution < 1.29 is 22.8 Å². The van der Waals surface area contributed by atoms with E-state index >= 15 is 0 Å². The molecule has 228 valence electrons. The normalized spacial score (nSPS) is 16.7. The fraction of sp³-hybridized carbons (Fsp3) is 0.343. The van der Waals surface area contributed by atoms with Crippen molar-refractivity contribution in [2.75, 3.05) is 26.2 Å². The molecule has 0 atom stereocenters. The van der Waals surface area contributed by atoms with Crippen molar-refractivity contribution in [3.8, 4) is 11.1 Å². The number of alkyl halides is 3. The highest BCUT2D eigenvalue weighted by Gasteiger charge is 2.31. The molecule has 2 aliphatic rings. The Morgan fingerprint density at radius 3 is 2.07 bits per heavy atom. The van der Waals surface area contributed by atoms with E-state index in [1.807, 2.05) is 16.3 Å². The maximum absolute atomic E-state index is 13.5. The van der Waals surface area contributed by atoms with Crippen molar-refractivity contribution in [3.05, 3.63) is 112 Å². The van der Waals surface area contributed by atoms with Crippen LogP contribution in [0.15, 0.2) is 84.2 Å². The molecule has 2 aliphatic heterocycles. The van der Waals surface area contributed by atoms with Crippen molar-refractivity contribution in [2.45, 2.75) is 44.2 Å². The van der Waals surface area contributed by atoms with E-state index < -0.39 is 11.7 Å². The van der Waals surface area contributed by atoms with Crippen LogP contribution < -0.4 is 0 Å². The average Bonchev–Trinajstić information content (AvgIpc) is 3.55. The Morgan fingerprint density at radius 1 is 0.773 bits per heavy atom. The van der Waals surface area contributed by atoms with Gasteiger partial charge < -0.3 is 9.80 Å². The van der Waals surface area contributed by atoms with Gasteiger partial charge >= 0.3 is 6.18 Å². The van der Waals surface area contributed by atoms with Crippen LogP contribution >= 0.6 is 11.3 Å². The van der Waals surface area contributed by atoms with Gasteiger partial charge in [-0.2, -0.15) is 13.2 Å². The van der Waals surface area contributed by atoms with E-state index in [4.69, 9.17) is 4.98 Å². The minimum Gasteiger partial charge on any atom is -0.339 e. The van der Waals surface area contributed by atoms with Gasteiger partial charge in [-0.1, -0.05) is 60.7 Å². The molecule has 9 heteroatoms. The van der Waals surface area contributed by atoms with Crippen LogP contribution in [0.3, 0.4) is 0 Å². The highest BCUT2D eigenvalue weighted by molar-refractivity contribution is 7.09. The number of hydrogen-bond donors (Lipinski definition) is 0. The predicted octanol–water partition coefficient (Wildman–Crippen LogP) is 7.94. The summed E-state index contributed by atoms with van der Waals surface area (Å²) in [5.41, 5.74) is 2.79. The standard InChI is InChI=1S/C35H34F3N3O2S/c36-35(37,38)28-12-10-26(11-13-28)29-8-4-5-9-30(29)33(42)40-20-16-27(17-21-40)32-39-31(23-44-32)34(43)41-18-14-25(15-19-41)22-24-6-2-1-3-7-24/h1-13,23,25,27H,14-22H2. The maximum atomic E-state index is 13.5. The van der Waals surface area contributed by atoms with E-state index in [2.05, 4.69) is 24.3 Å². The third-order valence-corrected chi connectivity index (χ3v) is 9.83. The fourth-order valence-electron chi connectivity index (χ4n) is 6.28. The van der Waals surface area contributed by atoms with E-state index in [0.717, 1.165) is 62.3 Å². The van der Waals surface area contributed by atoms with Crippen LogP contribution in [-0.4, -0.2) is 52.8 Å². The minimum atomic E-state index is -4.41. The lowest BCUT2D eigenvalue weighted by molar-refractivity contribution is -0.137. The number of halogens is 3. The van der Waals surface area contributed by atoms with Crippen molar-refractivity contribution in [1.29, 1.82) is 0 Å². The van der Waals surface area contributed by atoms with Crippen LogP contribution in [0.25, 0.3) is 11.1 Å². The first-order valence-electron chi connectivity index (χ1n) is 15.1. The van der Waals surface area contributed by atoms with Gasteiger partial charge in [-0.05, 0) is 72.9 Å². The Kier molecular flexibility index (Phi) is 8.84. The monoisotopic (exact) mass is 617 g/mol. The number of likely N-dealkylation sites (tertiary alicyclic amines) is 2. The van der Waals surface area contributed by atoms with Gasteiger partial charge in [0, 0.05) is 43.0 Å². The SMILES string of the molecule is O=C(c1csc(C2CCN(C(=O)c3ccccc3-c3ccc(C(F)(F)F)cc3)CC2)n1)N1CCC(Cc2ccccc2)CC1. The third-order valence-electron chi connectivity index (χ3n) is 8.82. The van der Waals surface area contributed by atoms with E-state index in [-0.39, 0.29) is 17.7 Å². The van der Waals surface area contributed by atoms with Gasteiger partial charge in [0.2, 0.25) is 0 Å². The summed E-state index contributed by atoms with van der Waals surface area (Å²) in [6, 6.07) is 22.5. The molecule has 0 radical (unpaired) electrons. The molecule has 6 rings (SSSR count). The summed E-state index contributed by atoms with van der Waals surface area (Å²) in [6.07, 6.45) is 0.0910. The number of rotatable bonds is 6. The minimum absolute atomic E-state index is 0.00171. The predicted molar refractivity (Wildman–Crippen MR) is 166 cm³/mol. The molecule has 0 unspecified atom stereocenters. The van der Waals surface area contributed by atoms with Crippen molar-refractivity contribution in [2.24, 2.45) is 5.92 Å². The first-order chi connectivity index (χ1) is 21.3. The second-order valence-electron chi connectivity index (χ2n) is 11.7. The van der Waals surface area contributed by atoms with E-state index in [1.165, 1.54) is 29.0 Å². The lowest BCUT2D eigenvalue weighted by Gasteiger charge is -2.32. The van der Waals surface area contributed by atoms with Gasteiger partial charge in [-0.15, -0.1) is 11.3 Å². The Morgan fingerprint density at radius 2 is 1.39 bits per heavy atom. The summed E-state index contributed by atoms with van der Waals surface area (Å²) in [5.74, 6) is 0.623. The van der Waals surface area contributed by atoms with Crippen LogP contribution in [0.5, 0.6) is 0 Å². The highest BCUT2D eigenvalue weighted by Crippen LogP contribution is 2.34. The molecule has 44 heavy (non-hydrogen) atoms. The third kappa shape index (κ3) is 6.73. The summed E-state index contributed by atoms with van der Waals surface area (Å²) in [7, 11) is 0. The summed E-state index contributed by atoms with van der Waals surface area (Å²) in [5, 5.41) is 2.80. The zero-order valence-corrected chi connectivity index (χ0v) is 25.1. The number of carbonyl (C=O) groups is 2. The molecule has 2 saturated heterocycles. The summed E-state index contributed by atoms with van der Waals surface area (Å²) in [4.78, 5) is 35.3. The van der Waals surface area contributed by atoms with E-state index in [1.54, 1.807) is 29.2 Å². The summed E-state index contributed by atoms with van der Waals surface area (Å²) < 4.78 is 39.1. The number of carbonyl (C=O) groups excluding carboxylic acids is 2. The zero-order chi connectivity index (χ0) is 30.7. The quantitative estimate of drug-likeness (QED) is 0.221. The van der Waals surface area contributed by atoms with Gasteiger partial charge in [0.15, 0.2) is 0 Å². The van der Waals surface area contributed by atoms with Crippen LogP contribution in [0.1, 0.15) is 68.6 Å². The number of benzene rings is 3. The molecule has 0 saturated carbocycles. The number of amides is 2. The highest BCUT2D eigenvalue weighted by atomic mass is 32.1. The first-order valence-corrected chi connectivity index (χ1v) is 16.0. The van der Waals surface area contributed by atoms with Crippen molar-refractivity contribution >= 4 is 23.2 Å². The molecule has 3 heterocycles. The van der Waals surface area contributed by atoms with Gasteiger partial charge in [-0.25, -0.2) is 4.98 Å². The number of piperidine rings is 2. The van der Waals surface area contributed by atoms with Gasteiger partial charge in [-0.3, -0.25) is 9.59 Å². The van der Waals surface area contributed by atoms with Crippen molar-refractivity contribution in [1.82, 2.24) is 14.8 Å².